The second-order valence-corrected chi connectivity index (χ2v) is 7.54. The van der Waals surface area contributed by atoms with Crippen molar-refractivity contribution in [1.82, 2.24) is 14.8 Å². The topological polar surface area (TPSA) is 46.5 Å². The fourth-order valence-electron chi connectivity index (χ4n) is 3.40. The minimum atomic E-state index is -0.398. The molecule has 3 rings (SSSR count). The first kappa shape index (κ1) is 20.1. The van der Waals surface area contributed by atoms with E-state index in [9.17, 15) is 9.18 Å². The molecule has 1 aliphatic rings. The normalized spacial score (nSPS) is 19.1. The van der Waals surface area contributed by atoms with E-state index in [0.717, 1.165) is 0 Å². The molecule has 1 amide bonds. The maximum absolute atomic E-state index is 14.6. The average molecular weight is 414 g/mol. The quantitative estimate of drug-likeness (QED) is 0.813. The van der Waals surface area contributed by atoms with Gasteiger partial charge in [-0.2, -0.15) is 0 Å². The van der Waals surface area contributed by atoms with Crippen LogP contribution in [0.25, 0.3) is 0 Å². The summed E-state index contributed by atoms with van der Waals surface area (Å²) >= 11 is 12.3. The molecule has 1 saturated heterocycles. The van der Waals surface area contributed by atoms with E-state index in [1.165, 1.54) is 6.07 Å². The molecule has 8 heteroatoms. The molecule has 0 saturated carbocycles. The smallest absolute Gasteiger partial charge is 0.268 e. The summed E-state index contributed by atoms with van der Waals surface area (Å²) in [5.74, 6) is -0.661. The number of morpholine rings is 1. The van der Waals surface area contributed by atoms with Gasteiger partial charge in [0.2, 0.25) is 0 Å². The molecule has 0 aliphatic carbocycles. The van der Waals surface area contributed by atoms with Gasteiger partial charge in [-0.15, -0.1) is 0 Å². The van der Waals surface area contributed by atoms with Crippen LogP contribution < -0.4 is 5.32 Å². The third kappa shape index (κ3) is 4.63. The van der Waals surface area contributed by atoms with Gasteiger partial charge in [-0.3, -0.25) is 9.69 Å². The summed E-state index contributed by atoms with van der Waals surface area (Å²) in [5.41, 5.74) is 0.826. The Bertz CT molecular complexity index is 807. The van der Waals surface area contributed by atoms with E-state index in [1.807, 2.05) is 6.92 Å². The molecule has 146 valence electrons. The number of hydrogen-bond donors (Lipinski definition) is 1. The lowest BCUT2D eigenvalue weighted by Crippen LogP contribution is -2.47. The van der Waals surface area contributed by atoms with Crippen LogP contribution in [0, 0.1) is 5.82 Å². The molecule has 0 spiro atoms. The summed E-state index contributed by atoms with van der Waals surface area (Å²) in [6.45, 7) is 3.99. The molecular weight excluding hydrogens is 392 g/mol. The van der Waals surface area contributed by atoms with Crippen molar-refractivity contribution < 1.29 is 13.9 Å². The number of hydrogen-bond acceptors (Lipinski definition) is 3. The van der Waals surface area contributed by atoms with Gasteiger partial charge >= 0.3 is 0 Å². The summed E-state index contributed by atoms with van der Waals surface area (Å²) in [6.07, 6.45) is 1.68. The zero-order chi connectivity index (χ0) is 19.6. The van der Waals surface area contributed by atoms with Crippen LogP contribution in [-0.4, -0.2) is 47.7 Å². The molecule has 0 bridgehead atoms. The highest BCUT2D eigenvalue weighted by atomic mass is 35.5. The van der Waals surface area contributed by atoms with Crippen molar-refractivity contribution in [2.24, 2.45) is 7.05 Å². The Balaban J connectivity index is 1.84. The third-order valence-electron chi connectivity index (χ3n) is 4.71. The van der Waals surface area contributed by atoms with E-state index in [0.29, 0.717) is 41.0 Å². The molecule has 1 aliphatic heterocycles. The zero-order valence-corrected chi connectivity index (χ0v) is 16.7. The molecular formula is C19H22Cl2FN3O2. The van der Waals surface area contributed by atoms with Gasteiger partial charge in [0.1, 0.15) is 11.5 Å². The average Bonchev–Trinajstić information content (AvgIpc) is 2.95. The number of aromatic nitrogens is 1. The van der Waals surface area contributed by atoms with E-state index < -0.39 is 6.04 Å². The molecule has 1 aromatic carbocycles. The van der Waals surface area contributed by atoms with Crippen LogP contribution in [0.5, 0.6) is 0 Å². The number of carbonyl (C=O) groups excluding carboxylic acids is 1. The van der Waals surface area contributed by atoms with E-state index in [1.54, 1.807) is 36.0 Å². The first-order chi connectivity index (χ1) is 12.9. The summed E-state index contributed by atoms with van der Waals surface area (Å²) < 4.78 is 21.8. The molecule has 1 N–H and O–H groups in total. The summed E-state index contributed by atoms with van der Waals surface area (Å²) in [5, 5.41) is 3.72. The van der Waals surface area contributed by atoms with Crippen molar-refractivity contribution in [3.63, 3.8) is 0 Å². The van der Waals surface area contributed by atoms with Crippen molar-refractivity contribution in [2.75, 3.05) is 26.2 Å². The van der Waals surface area contributed by atoms with Gasteiger partial charge < -0.3 is 14.6 Å². The molecule has 27 heavy (non-hydrogen) atoms. The molecule has 0 radical (unpaired) electrons. The number of carbonyl (C=O) groups is 1. The SMILES string of the molecule is CC1CN(C(CNC(=O)c2cc(Cl)cn2C)c2c(F)cccc2Cl)CCO1. The fraction of sp³-hybridized carbons (Fsp3) is 0.421. The molecule has 2 aromatic rings. The van der Waals surface area contributed by atoms with Gasteiger partial charge in [0.05, 0.1) is 23.8 Å². The Kier molecular flexibility index (Phi) is 6.42. The Hall–Kier alpha value is -1.60. The summed E-state index contributed by atoms with van der Waals surface area (Å²) in [7, 11) is 1.75. The number of ether oxygens (including phenoxy) is 1. The number of amides is 1. The Morgan fingerprint density at radius 3 is 2.85 bits per heavy atom. The maximum Gasteiger partial charge on any atom is 0.268 e. The molecule has 1 aromatic heterocycles. The van der Waals surface area contributed by atoms with E-state index in [4.69, 9.17) is 27.9 Å². The molecule has 2 unspecified atom stereocenters. The van der Waals surface area contributed by atoms with Crippen molar-refractivity contribution >= 4 is 29.1 Å². The highest BCUT2D eigenvalue weighted by molar-refractivity contribution is 6.31. The predicted octanol–water partition coefficient (Wildman–Crippen LogP) is 3.66. The van der Waals surface area contributed by atoms with Gasteiger partial charge in [0.15, 0.2) is 0 Å². The number of rotatable bonds is 5. The van der Waals surface area contributed by atoms with E-state index in [2.05, 4.69) is 10.2 Å². The highest BCUT2D eigenvalue weighted by Gasteiger charge is 2.29. The predicted molar refractivity (Wildman–Crippen MR) is 104 cm³/mol. The maximum atomic E-state index is 14.6. The first-order valence-corrected chi connectivity index (χ1v) is 9.52. The van der Waals surface area contributed by atoms with Crippen molar-refractivity contribution in [3.8, 4) is 0 Å². The van der Waals surface area contributed by atoms with E-state index in [-0.39, 0.29) is 24.4 Å². The third-order valence-corrected chi connectivity index (χ3v) is 5.24. The van der Waals surface area contributed by atoms with Crippen LogP contribution in [0.3, 0.4) is 0 Å². The second-order valence-electron chi connectivity index (χ2n) is 6.69. The highest BCUT2D eigenvalue weighted by Crippen LogP contribution is 2.31. The summed E-state index contributed by atoms with van der Waals surface area (Å²) in [4.78, 5) is 14.7. The lowest BCUT2D eigenvalue weighted by atomic mass is 10.0. The molecule has 2 heterocycles. The minimum Gasteiger partial charge on any atom is -0.376 e. The van der Waals surface area contributed by atoms with Crippen LogP contribution >= 0.6 is 23.2 Å². The van der Waals surface area contributed by atoms with Gasteiger partial charge in [-0.25, -0.2) is 4.39 Å². The number of halogens is 3. The van der Waals surface area contributed by atoms with E-state index >= 15 is 0 Å². The Morgan fingerprint density at radius 1 is 1.44 bits per heavy atom. The van der Waals surface area contributed by atoms with Crippen LogP contribution in [0.1, 0.15) is 29.0 Å². The number of nitrogens with zero attached hydrogens (tertiary/aromatic N) is 2. The lowest BCUT2D eigenvalue weighted by molar-refractivity contribution is -0.0346. The van der Waals surface area contributed by atoms with Crippen LogP contribution in [0.4, 0.5) is 4.39 Å². The number of nitrogens with one attached hydrogen (secondary N) is 1. The minimum absolute atomic E-state index is 0.0224. The van der Waals surface area contributed by atoms with Gasteiger partial charge in [-0.1, -0.05) is 29.3 Å². The van der Waals surface area contributed by atoms with Gasteiger partial charge in [0.25, 0.3) is 5.91 Å². The molecule has 5 nitrogen and oxygen atoms in total. The summed E-state index contributed by atoms with van der Waals surface area (Å²) in [6, 6.07) is 5.82. The van der Waals surface area contributed by atoms with Crippen molar-refractivity contribution in [3.05, 3.63) is 57.6 Å². The largest absolute Gasteiger partial charge is 0.376 e. The molecule has 1 fully saturated rings. The lowest BCUT2D eigenvalue weighted by Gasteiger charge is -2.38. The first-order valence-electron chi connectivity index (χ1n) is 8.76. The van der Waals surface area contributed by atoms with Gasteiger partial charge in [0, 0.05) is 43.5 Å². The standard InChI is InChI=1S/C19H22Cl2FN3O2/c1-12-10-25(6-7-27-12)17(18-14(21)4-3-5-15(18)22)9-23-19(26)16-8-13(20)11-24(16)2/h3-5,8,11-12,17H,6-7,9-10H2,1-2H3,(H,23,26). The van der Waals surface area contributed by atoms with Crippen LogP contribution in [0.15, 0.2) is 30.5 Å². The van der Waals surface area contributed by atoms with Crippen LogP contribution in [0.2, 0.25) is 10.0 Å². The number of benzene rings is 1. The number of aryl methyl sites for hydroxylation is 1. The zero-order valence-electron chi connectivity index (χ0n) is 15.2. The Labute approximate surface area is 168 Å². The second kappa shape index (κ2) is 8.61. The van der Waals surface area contributed by atoms with Crippen molar-refractivity contribution in [2.45, 2.75) is 19.1 Å². The fourth-order valence-corrected chi connectivity index (χ4v) is 3.94. The molecule has 2 atom stereocenters. The Morgan fingerprint density at radius 2 is 2.22 bits per heavy atom. The van der Waals surface area contributed by atoms with Crippen LogP contribution in [-0.2, 0) is 11.8 Å². The van der Waals surface area contributed by atoms with Gasteiger partial charge in [-0.05, 0) is 25.1 Å². The monoisotopic (exact) mass is 413 g/mol. The van der Waals surface area contributed by atoms with Crippen molar-refractivity contribution in [1.29, 1.82) is 0 Å².